The highest BCUT2D eigenvalue weighted by Gasteiger charge is 2.17. The summed E-state index contributed by atoms with van der Waals surface area (Å²) in [5, 5.41) is 14.8. The van der Waals surface area contributed by atoms with E-state index in [0.29, 0.717) is 17.3 Å². The van der Waals surface area contributed by atoms with Crippen molar-refractivity contribution in [3.8, 4) is 17.3 Å². The number of fused-ring (bicyclic) bond motifs is 1. The van der Waals surface area contributed by atoms with Crippen molar-refractivity contribution >= 4 is 10.9 Å². The first-order valence-electron chi connectivity index (χ1n) is 6.95. The summed E-state index contributed by atoms with van der Waals surface area (Å²) in [7, 11) is 0. The zero-order valence-corrected chi connectivity index (χ0v) is 11.7. The van der Waals surface area contributed by atoms with Crippen molar-refractivity contribution in [2.75, 3.05) is 0 Å². The van der Waals surface area contributed by atoms with E-state index in [2.05, 4.69) is 10.1 Å². The maximum atomic E-state index is 9.15. The van der Waals surface area contributed by atoms with Crippen LogP contribution in [0.15, 0.2) is 65.3 Å². The molecule has 0 saturated carbocycles. The number of para-hydroxylation sites is 2. The molecule has 1 N–H and O–H groups in total. The van der Waals surface area contributed by atoms with Crippen molar-refractivity contribution in [2.45, 2.75) is 6.61 Å². The summed E-state index contributed by atoms with van der Waals surface area (Å²) in [5.41, 5.74) is 3.11. The maximum absolute atomic E-state index is 9.15. The second kappa shape index (κ2) is 5.13. The summed E-state index contributed by atoms with van der Waals surface area (Å²) in [4.78, 5) is 4.26. The van der Waals surface area contributed by atoms with Gasteiger partial charge < -0.3 is 9.52 Å². The molecule has 0 atom stereocenters. The second-order valence-corrected chi connectivity index (χ2v) is 4.92. The molecule has 0 bridgehead atoms. The highest BCUT2D eigenvalue weighted by Crippen LogP contribution is 2.29. The Labute approximate surface area is 126 Å². The Morgan fingerprint density at radius 3 is 2.55 bits per heavy atom. The van der Waals surface area contributed by atoms with Gasteiger partial charge in [0.2, 0.25) is 5.89 Å². The number of benzene rings is 2. The second-order valence-electron chi connectivity index (χ2n) is 4.92. The number of aliphatic hydroxyl groups excluding tert-OH is 1. The van der Waals surface area contributed by atoms with Crippen molar-refractivity contribution in [3.05, 3.63) is 66.6 Å². The van der Waals surface area contributed by atoms with Gasteiger partial charge >= 0.3 is 0 Å². The van der Waals surface area contributed by atoms with Gasteiger partial charge in [0.15, 0.2) is 5.69 Å². The summed E-state index contributed by atoms with van der Waals surface area (Å²) in [5.74, 6) is 0.412. The molecule has 4 aromatic rings. The van der Waals surface area contributed by atoms with Crippen LogP contribution in [0, 0.1) is 0 Å². The standard InChI is InChI=1S/C17H13N3O2/c21-10-12-11-22-17(18-12)16-14-8-4-5-9-15(14)20(19-16)13-6-2-1-3-7-13/h1-9,11,21H,10H2. The van der Waals surface area contributed by atoms with E-state index < -0.39 is 0 Å². The summed E-state index contributed by atoms with van der Waals surface area (Å²) in [6.45, 7) is -0.152. The molecule has 0 aliphatic rings. The van der Waals surface area contributed by atoms with Crippen LogP contribution in [-0.4, -0.2) is 19.9 Å². The molecule has 2 heterocycles. The normalized spacial score (nSPS) is 11.1. The molecular formula is C17H13N3O2. The van der Waals surface area contributed by atoms with Gasteiger partial charge in [-0.1, -0.05) is 36.4 Å². The molecule has 108 valence electrons. The van der Waals surface area contributed by atoms with Crippen LogP contribution in [0.25, 0.3) is 28.2 Å². The molecular weight excluding hydrogens is 278 g/mol. The van der Waals surface area contributed by atoms with Crippen LogP contribution >= 0.6 is 0 Å². The predicted molar refractivity (Wildman–Crippen MR) is 82.5 cm³/mol. The van der Waals surface area contributed by atoms with E-state index in [1.54, 1.807) is 0 Å². The van der Waals surface area contributed by atoms with Gasteiger partial charge in [0.05, 0.1) is 17.8 Å². The molecule has 0 unspecified atom stereocenters. The summed E-state index contributed by atoms with van der Waals surface area (Å²) in [6, 6.07) is 17.8. The van der Waals surface area contributed by atoms with Gasteiger partial charge in [-0.2, -0.15) is 5.10 Å². The molecule has 2 aromatic heterocycles. The van der Waals surface area contributed by atoms with Crippen molar-refractivity contribution in [3.63, 3.8) is 0 Å². The van der Waals surface area contributed by atoms with E-state index in [9.17, 15) is 0 Å². The monoisotopic (exact) mass is 291 g/mol. The number of oxazole rings is 1. The Balaban J connectivity index is 1.97. The molecule has 2 aromatic carbocycles. The third-order valence-electron chi connectivity index (χ3n) is 3.50. The number of aromatic nitrogens is 3. The fourth-order valence-corrected chi connectivity index (χ4v) is 2.48. The van der Waals surface area contributed by atoms with Crippen LogP contribution in [0.1, 0.15) is 5.69 Å². The number of hydrogen-bond donors (Lipinski definition) is 1. The van der Waals surface area contributed by atoms with Gasteiger partial charge in [0.25, 0.3) is 0 Å². The van der Waals surface area contributed by atoms with Crippen molar-refractivity contribution in [1.29, 1.82) is 0 Å². The molecule has 0 aliphatic carbocycles. The number of hydrogen-bond acceptors (Lipinski definition) is 4. The Morgan fingerprint density at radius 2 is 1.77 bits per heavy atom. The third kappa shape index (κ3) is 1.99. The Kier molecular flexibility index (Phi) is 2.98. The summed E-state index contributed by atoms with van der Waals surface area (Å²) in [6.07, 6.45) is 1.45. The minimum Gasteiger partial charge on any atom is -0.443 e. The van der Waals surface area contributed by atoms with Crippen molar-refractivity contribution < 1.29 is 9.52 Å². The first kappa shape index (κ1) is 12.8. The van der Waals surface area contributed by atoms with E-state index >= 15 is 0 Å². The molecule has 0 saturated heterocycles. The zero-order chi connectivity index (χ0) is 14.9. The van der Waals surface area contributed by atoms with Gasteiger partial charge in [0.1, 0.15) is 12.0 Å². The van der Waals surface area contributed by atoms with Crippen LogP contribution in [0.3, 0.4) is 0 Å². The molecule has 4 rings (SSSR count). The van der Waals surface area contributed by atoms with E-state index in [-0.39, 0.29) is 6.61 Å². The minimum absolute atomic E-state index is 0.152. The van der Waals surface area contributed by atoms with Gasteiger partial charge in [-0.3, -0.25) is 0 Å². The lowest BCUT2D eigenvalue weighted by Crippen LogP contribution is -1.95. The molecule has 0 aliphatic heterocycles. The van der Waals surface area contributed by atoms with Gasteiger partial charge in [-0.25, -0.2) is 9.67 Å². The van der Waals surface area contributed by atoms with E-state index in [4.69, 9.17) is 9.52 Å². The lowest BCUT2D eigenvalue weighted by atomic mass is 10.2. The van der Waals surface area contributed by atoms with Crippen molar-refractivity contribution in [1.82, 2.24) is 14.8 Å². The Hall–Kier alpha value is -2.92. The summed E-state index contributed by atoms with van der Waals surface area (Å²) < 4.78 is 7.32. The van der Waals surface area contributed by atoms with E-state index in [0.717, 1.165) is 16.6 Å². The largest absolute Gasteiger partial charge is 0.443 e. The molecule has 0 fully saturated rings. The maximum Gasteiger partial charge on any atom is 0.247 e. The minimum atomic E-state index is -0.152. The van der Waals surface area contributed by atoms with E-state index in [1.807, 2.05) is 59.3 Å². The molecule has 0 spiro atoms. The first-order chi connectivity index (χ1) is 10.9. The zero-order valence-electron chi connectivity index (χ0n) is 11.7. The fraction of sp³-hybridized carbons (Fsp3) is 0.0588. The lowest BCUT2D eigenvalue weighted by Gasteiger charge is -2.01. The topological polar surface area (TPSA) is 64.1 Å². The predicted octanol–water partition coefficient (Wildman–Crippen LogP) is 3.17. The molecule has 5 heteroatoms. The highest BCUT2D eigenvalue weighted by molar-refractivity contribution is 5.92. The van der Waals surface area contributed by atoms with Crippen LogP contribution in [-0.2, 0) is 6.61 Å². The molecule has 5 nitrogen and oxygen atoms in total. The van der Waals surface area contributed by atoms with E-state index in [1.165, 1.54) is 6.26 Å². The number of nitrogens with zero attached hydrogens (tertiary/aromatic N) is 3. The van der Waals surface area contributed by atoms with Crippen LogP contribution in [0.4, 0.5) is 0 Å². The first-order valence-corrected chi connectivity index (χ1v) is 6.95. The van der Waals surface area contributed by atoms with Gasteiger partial charge in [0, 0.05) is 5.39 Å². The molecule has 22 heavy (non-hydrogen) atoms. The van der Waals surface area contributed by atoms with Crippen LogP contribution in [0.5, 0.6) is 0 Å². The highest BCUT2D eigenvalue weighted by atomic mass is 16.3. The average molecular weight is 291 g/mol. The quantitative estimate of drug-likeness (QED) is 0.629. The SMILES string of the molecule is OCc1coc(-c2nn(-c3ccccc3)c3ccccc23)n1. The molecule has 0 amide bonds. The number of aliphatic hydroxyl groups is 1. The van der Waals surface area contributed by atoms with Crippen molar-refractivity contribution in [2.24, 2.45) is 0 Å². The third-order valence-corrected chi connectivity index (χ3v) is 3.50. The number of rotatable bonds is 3. The summed E-state index contributed by atoms with van der Waals surface area (Å²) >= 11 is 0. The van der Waals surface area contributed by atoms with Gasteiger partial charge in [-0.15, -0.1) is 0 Å². The Bertz CT molecular complexity index is 925. The van der Waals surface area contributed by atoms with Crippen LogP contribution in [0.2, 0.25) is 0 Å². The smallest absolute Gasteiger partial charge is 0.247 e. The average Bonchev–Trinajstić information content (AvgIpc) is 3.20. The van der Waals surface area contributed by atoms with Gasteiger partial charge in [-0.05, 0) is 18.2 Å². The lowest BCUT2D eigenvalue weighted by molar-refractivity contribution is 0.276. The Morgan fingerprint density at radius 1 is 1.00 bits per heavy atom. The fourth-order valence-electron chi connectivity index (χ4n) is 2.48. The molecule has 0 radical (unpaired) electrons. The van der Waals surface area contributed by atoms with Crippen LogP contribution < -0.4 is 0 Å².